The Morgan fingerprint density at radius 2 is 2.06 bits per heavy atom. The number of amides is 1. The number of hydrogen-bond acceptors (Lipinski definition) is 6. The molecule has 0 saturated heterocycles. The molecule has 166 valence electrons. The van der Waals surface area contributed by atoms with Gasteiger partial charge in [-0.25, -0.2) is 9.97 Å². The van der Waals surface area contributed by atoms with Gasteiger partial charge in [0.15, 0.2) is 11.7 Å². The summed E-state index contributed by atoms with van der Waals surface area (Å²) in [5.41, 5.74) is 1.84. The van der Waals surface area contributed by atoms with Gasteiger partial charge >= 0.3 is 0 Å². The lowest BCUT2D eigenvalue weighted by atomic mass is 10.2. The highest BCUT2D eigenvalue weighted by atomic mass is 32.1. The van der Waals surface area contributed by atoms with Gasteiger partial charge in [0.2, 0.25) is 0 Å². The van der Waals surface area contributed by atoms with Crippen molar-refractivity contribution in [3.63, 3.8) is 0 Å². The molecule has 7 nitrogen and oxygen atoms in total. The summed E-state index contributed by atoms with van der Waals surface area (Å²) in [6, 6.07) is 13.5. The molecule has 0 unspecified atom stereocenters. The van der Waals surface area contributed by atoms with Crippen LogP contribution in [-0.2, 0) is 11.3 Å². The van der Waals surface area contributed by atoms with E-state index in [1.807, 2.05) is 67.1 Å². The summed E-state index contributed by atoms with van der Waals surface area (Å²) in [6.45, 7) is 5.78. The van der Waals surface area contributed by atoms with Gasteiger partial charge in [-0.3, -0.25) is 9.69 Å². The van der Waals surface area contributed by atoms with Crippen molar-refractivity contribution in [2.24, 2.45) is 0 Å². The molecular formula is C24H26N4O3S. The third-order valence-electron chi connectivity index (χ3n) is 4.99. The molecule has 0 bridgehead atoms. The molecule has 32 heavy (non-hydrogen) atoms. The molecule has 0 saturated carbocycles. The molecule has 1 amide bonds. The predicted octanol–water partition coefficient (Wildman–Crippen LogP) is 4.70. The minimum absolute atomic E-state index is 0.0456. The average molecular weight is 451 g/mol. The van der Waals surface area contributed by atoms with Gasteiger partial charge < -0.3 is 14.0 Å². The Hall–Kier alpha value is -3.39. The number of benzene rings is 2. The van der Waals surface area contributed by atoms with Crippen LogP contribution in [-0.4, -0.2) is 40.2 Å². The first-order valence-electron chi connectivity index (χ1n) is 10.6. The third-order valence-corrected chi connectivity index (χ3v) is 6.03. The molecule has 4 aromatic rings. The van der Waals surface area contributed by atoms with Crippen LogP contribution in [0.4, 0.5) is 5.13 Å². The summed E-state index contributed by atoms with van der Waals surface area (Å²) in [7, 11) is 0. The van der Waals surface area contributed by atoms with Gasteiger partial charge in [0.25, 0.3) is 5.91 Å². The van der Waals surface area contributed by atoms with Crippen LogP contribution in [0.5, 0.6) is 11.5 Å². The molecule has 0 aliphatic rings. The van der Waals surface area contributed by atoms with E-state index >= 15 is 0 Å². The fraction of sp³-hybridized carbons (Fsp3) is 0.292. The average Bonchev–Trinajstić information content (AvgIpc) is 3.45. The first kappa shape index (κ1) is 21.8. The lowest BCUT2D eigenvalue weighted by Gasteiger charge is -2.20. The number of carbonyl (C=O) groups excluding carboxylic acids is 1. The van der Waals surface area contributed by atoms with Crippen LogP contribution >= 0.6 is 11.3 Å². The monoisotopic (exact) mass is 450 g/mol. The van der Waals surface area contributed by atoms with E-state index in [0.29, 0.717) is 24.0 Å². The van der Waals surface area contributed by atoms with Gasteiger partial charge in [-0.1, -0.05) is 29.5 Å². The number of para-hydroxylation sites is 1. The second-order valence-corrected chi connectivity index (χ2v) is 8.32. The lowest BCUT2D eigenvalue weighted by Crippen LogP contribution is -2.36. The van der Waals surface area contributed by atoms with Crippen molar-refractivity contribution in [3.05, 3.63) is 66.7 Å². The van der Waals surface area contributed by atoms with Crippen molar-refractivity contribution in [2.75, 3.05) is 24.7 Å². The number of aryl methyl sites for hydroxylation is 2. The van der Waals surface area contributed by atoms with Crippen LogP contribution in [0.3, 0.4) is 0 Å². The number of aromatic nitrogens is 3. The van der Waals surface area contributed by atoms with Crippen LogP contribution < -0.4 is 14.4 Å². The third kappa shape index (κ3) is 5.26. The standard InChI is InChI=1S/C24H26N4O3S/c1-3-30-19-9-10-20-22(15-19)32-24(26-20)28(13-6-12-27-14-11-25-17-27)23(29)16-31-21-8-5-4-7-18(21)2/h4-5,7-11,14-15,17H,3,6,12-13,16H2,1-2H3. The van der Waals surface area contributed by atoms with E-state index in [4.69, 9.17) is 14.5 Å². The van der Waals surface area contributed by atoms with Crippen LogP contribution in [0, 0.1) is 6.92 Å². The first-order chi connectivity index (χ1) is 15.6. The first-order valence-corrected chi connectivity index (χ1v) is 11.4. The fourth-order valence-corrected chi connectivity index (χ4v) is 4.40. The van der Waals surface area contributed by atoms with Gasteiger partial charge in [-0.15, -0.1) is 0 Å². The summed E-state index contributed by atoms with van der Waals surface area (Å²) in [5, 5.41) is 0.665. The number of nitrogens with zero attached hydrogens (tertiary/aromatic N) is 4. The molecule has 0 atom stereocenters. The SMILES string of the molecule is CCOc1ccc2nc(N(CCCn3ccnc3)C(=O)COc3ccccc3C)sc2c1. The van der Waals surface area contributed by atoms with E-state index in [1.54, 1.807) is 17.4 Å². The maximum atomic E-state index is 13.2. The van der Waals surface area contributed by atoms with E-state index in [0.717, 1.165) is 34.5 Å². The highest BCUT2D eigenvalue weighted by molar-refractivity contribution is 7.22. The summed E-state index contributed by atoms with van der Waals surface area (Å²) < 4.78 is 14.4. The molecule has 2 aromatic heterocycles. The molecule has 0 fully saturated rings. The largest absolute Gasteiger partial charge is 0.494 e. The Bertz CT molecular complexity index is 1170. The van der Waals surface area contributed by atoms with Gasteiger partial charge in [0.1, 0.15) is 11.5 Å². The molecule has 2 aromatic carbocycles. The van der Waals surface area contributed by atoms with Crippen molar-refractivity contribution >= 4 is 32.6 Å². The quantitative estimate of drug-likeness (QED) is 0.350. The zero-order valence-electron chi connectivity index (χ0n) is 18.2. The minimum Gasteiger partial charge on any atom is -0.494 e. The lowest BCUT2D eigenvalue weighted by molar-refractivity contribution is -0.120. The van der Waals surface area contributed by atoms with Crippen LogP contribution in [0.2, 0.25) is 0 Å². The number of anilines is 1. The van der Waals surface area contributed by atoms with Crippen molar-refractivity contribution in [3.8, 4) is 11.5 Å². The van der Waals surface area contributed by atoms with Gasteiger partial charge in [0.05, 0.1) is 23.2 Å². The maximum absolute atomic E-state index is 13.2. The van der Waals surface area contributed by atoms with E-state index in [-0.39, 0.29) is 12.5 Å². The van der Waals surface area contributed by atoms with Crippen LogP contribution in [0.25, 0.3) is 10.2 Å². The minimum atomic E-state index is -0.122. The highest BCUT2D eigenvalue weighted by Crippen LogP contribution is 2.32. The van der Waals surface area contributed by atoms with E-state index in [2.05, 4.69) is 4.98 Å². The van der Waals surface area contributed by atoms with E-state index in [1.165, 1.54) is 11.3 Å². The number of imidazole rings is 1. The second-order valence-electron chi connectivity index (χ2n) is 7.31. The molecule has 0 radical (unpaired) electrons. The van der Waals surface area contributed by atoms with Crippen LogP contribution in [0.15, 0.2) is 61.2 Å². The fourth-order valence-electron chi connectivity index (χ4n) is 3.36. The molecule has 4 rings (SSSR count). The number of carbonyl (C=O) groups is 1. The summed E-state index contributed by atoms with van der Waals surface area (Å²) in [6.07, 6.45) is 6.22. The summed E-state index contributed by atoms with van der Waals surface area (Å²) >= 11 is 1.49. The molecule has 2 heterocycles. The Labute approximate surface area is 191 Å². The number of thiazole rings is 1. The van der Waals surface area contributed by atoms with Crippen LogP contribution in [0.1, 0.15) is 18.9 Å². The van der Waals surface area contributed by atoms with Gasteiger partial charge in [-0.05, 0) is 50.1 Å². The molecular weight excluding hydrogens is 424 g/mol. The van der Waals surface area contributed by atoms with Crippen molar-refractivity contribution in [1.29, 1.82) is 0 Å². The Balaban J connectivity index is 1.52. The Morgan fingerprint density at radius 1 is 1.19 bits per heavy atom. The Morgan fingerprint density at radius 3 is 2.84 bits per heavy atom. The summed E-state index contributed by atoms with van der Waals surface area (Å²) in [5.74, 6) is 1.39. The van der Waals surface area contributed by atoms with Crippen molar-refractivity contribution in [2.45, 2.75) is 26.8 Å². The van der Waals surface area contributed by atoms with Gasteiger partial charge in [-0.2, -0.15) is 0 Å². The second kappa shape index (κ2) is 10.3. The summed E-state index contributed by atoms with van der Waals surface area (Å²) in [4.78, 5) is 23.7. The van der Waals surface area contributed by atoms with Gasteiger partial charge in [0, 0.05) is 25.5 Å². The Kier molecular flexibility index (Phi) is 7.01. The maximum Gasteiger partial charge on any atom is 0.266 e. The number of rotatable bonds is 10. The topological polar surface area (TPSA) is 69.5 Å². The predicted molar refractivity (Wildman–Crippen MR) is 127 cm³/mol. The highest BCUT2D eigenvalue weighted by Gasteiger charge is 2.21. The molecule has 0 aliphatic carbocycles. The zero-order chi connectivity index (χ0) is 22.3. The van der Waals surface area contributed by atoms with Crippen molar-refractivity contribution in [1.82, 2.24) is 14.5 Å². The van der Waals surface area contributed by atoms with E-state index in [9.17, 15) is 4.79 Å². The number of hydrogen-bond donors (Lipinski definition) is 0. The molecule has 0 spiro atoms. The van der Waals surface area contributed by atoms with Crippen molar-refractivity contribution < 1.29 is 14.3 Å². The molecule has 0 aliphatic heterocycles. The normalized spacial score (nSPS) is 10.9. The smallest absolute Gasteiger partial charge is 0.266 e. The van der Waals surface area contributed by atoms with E-state index < -0.39 is 0 Å². The number of ether oxygens (including phenoxy) is 2. The molecule has 0 N–H and O–H groups in total. The zero-order valence-corrected chi connectivity index (χ0v) is 19.0. The number of fused-ring (bicyclic) bond motifs is 1. The molecule has 8 heteroatoms.